The van der Waals surface area contributed by atoms with Crippen LogP contribution in [0.15, 0.2) is 146 Å². The van der Waals surface area contributed by atoms with E-state index in [1.807, 2.05) is 16.8 Å². The molecule has 0 aliphatic carbocycles. The monoisotopic (exact) mass is 594 g/mol. The largest absolute Gasteiger partial charge is 0.281 e. The van der Waals surface area contributed by atoms with Gasteiger partial charge >= 0.3 is 0 Å². The first-order chi connectivity index (χ1) is 22.5. The van der Waals surface area contributed by atoms with Crippen LogP contribution in [0.1, 0.15) is 31.8 Å². The number of rotatable bonds is 5. The fraction of sp³-hybridized carbons (Fsp3) is 0.0476. The number of imide groups is 1. The van der Waals surface area contributed by atoms with Crippen molar-refractivity contribution in [2.45, 2.75) is 13.8 Å². The number of hydrogen-bond acceptors (Lipinski definition) is 2. The Morgan fingerprint density at radius 1 is 0.370 bits per heavy atom. The van der Waals surface area contributed by atoms with Gasteiger partial charge in [-0.05, 0) is 48.2 Å². The van der Waals surface area contributed by atoms with Gasteiger partial charge in [-0.15, -0.1) is 0 Å². The van der Waals surface area contributed by atoms with Gasteiger partial charge in [-0.25, -0.2) is 4.68 Å². The zero-order valence-corrected chi connectivity index (χ0v) is 25.6. The zero-order chi connectivity index (χ0) is 31.4. The van der Waals surface area contributed by atoms with E-state index in [-0.39, 0.29) is 11.8 Å². The van der Waals surface area contributed by atoms with Gasteiger partial charge < -0.3 is 0 Å². The summed E-state index contributed by atoms with van der Waals surface area (Å²) in [5.74, 6) is -0.674. The van der Waals surface area contributed by atoms with Crippen LogP contribution in [0.2, 0.25) is 0 Å². The molecule has 0 N–H and O–H groups in total. The molecule has 6 aromatic carbocycles. The van der Waals surface area contributed by atoms with Crippen molar-refractivity contribution < 1.29 is 9.59 Å². The lowest BCUT2D eigenvalue weighted by Gasteiger charge is -2.23. The third-order valence-corrected chi connectivity index (χ3v) is 8.92. The number of amides is 2. The van der Waals surface area contributed by atoms with Crippen LogP contribution in [0.25, 0.3) is 55.5 Å². The van der Waals surface area contributed by atoms with E-state index in [4.69, 9.17) is 0 Å². The second-order valence-corrected chi connectivity index (χ2v) is 11.9. The Morgan fingerprint density at radius 3 is 1.04 bits per heavy atom. The molecule has 2 amide bonds. The summed E-state index contributed by atoms with van der Waals surface area (Å²) in [6.45, 7) is 4.16. The van der Waals surface area contributed by atoms with E-state index in [0.717, 1.165) is 55.5 Å². The molecule has 0 spiro atoms. The first kappa shape index (κ1) is 27.5. The molecular weight excluding hydrogens is 564 g/mol. The molecule has 0 bridgehead atoms. The van der Waals surface area contributed by atoms with Crippen LogP contribution in [0.3, 0.4) is 0 Å². The second kappa shape index (κ2) is 10.9. The quantitative estimate of drug-likeness (QED) is 0.186. The Balaban J connectivity index is 1.35. The number of aromatic nitrogens is 1. The maximum absolute atomic E-state index is 14.1. The van der Waals surface area contributed by atoms with E-state index < -0.39 is 0 Å². The molecule has 46 heavy (non-hydrogen) atoms. The van der Waals surface area contributed by atoms with Gasteiger partial charge in [-0.2, -0.15) is 5.01 Å². The molecule has 0 fully saturated rings. The smallest absolute Gasteiger partial charge is 0.267 e. The highest BCUT2D eigenvalue weighted by atomic mass is 16.2. The van der Waals surface area contributed by atoms with Crippen LogP contribution in [0.5, 0.6) is 0 Å². The number of nitrogens with zero attached hydrogens (tertiary/aromatic N) is 2. The topological polar surface area (TPSA) is 42.3 Å². The van der Waals surface area contributed by atoms with Crippen molar-refractivity contribution >= 4 is 22.6 Å². The first-order valence-electron chi connectivity index (χ1n) is 15.4. The summed E-state index contributed by atoms with van der Waals surface area (Å²) < 4.78 is 1.84. The number of hydrogen-bond donors (Lipinski definition) is 0. The molecule has 0 saturated heterocycles. The number of fused-ring (bicyclic) bond motifs is 2. The fourth-order valence-electron chi connectivity index (χ4n) is 6.48. The van der Waals surface area contributed by atoms with Crippen molar-refractivity contribution in [3.8, 4) is 44.8 Å². The van der Waals surface area contributed by atoms with Gasteiger partial charge in [0.1, 0.15) is 0 Å². The fourth-order valence-corrected chi connectivity index (χ4v) is 6.48. The van der Waals surface area contributed by atoms with Crippen molar-refractivity contribution in [1.82, 2.24) is 4.68 Å². The lowest BCUT2D eigenvalue weighted by atomic mass is 10.00. The summed E-state index contributed by atoms with van der Waals surface area (Å²) in [6, 6.07) is 48.9. The predicted octanol–water partition coefficient (Wildman–Crippen LogP) is 9.86. The van der Waals surface area contributed by atoms with E-state index in [1.54, 1.807) is 24.3 Å². The van der Waals surface area contributed by atoms with Crippen molar-refractivity contribution in [1.29, 1.82) is 0 Å². The minimum Gasteiger partial charge on any atom is -0.267 e. The predicted molar refractivity (Wildman–Crippen MR) is 186 cm³/mol. The highest BCUT2D eigenvalue weighted by Crippen LogP contribution is 2.42. The standard InChI is InChI=1S/C42H30N2O2/c1-27-11-15-29(16-12-27)31-19-23-33(24-20-31)39-35-7-3-4-8-36(35)40(34-25-21-32(22-26-34)30-17-13-28(2)14-18-30)43(39)44-41(45)37-9-5-6-10-38(37)42(44)46/h3-26H,1-2H3. The van der Waals surface area contributed by atoms with Crippen molar-refractivity contribution in [2.24, 2.45) is 0 Å². The molecule has 8 rings (SSSR count). The van der Waals surface area contributed by atoms with Gasteiger partial charge in [0.25, 0.3) is 11.8 Å². The number of aryl methyl sites for hydroxylation is 2. The Bertz CT molecular complexity index is 2110. The molecule has 0 atom stereocenters. The molecule has 2 heterocycles. The molecule has 7 aromatic rings. The van der Waals surface area contributed by atoms with Gasteiger partial charge in [0, 0.05) is 21.9 Å². The zero-order valence-electron chi connectivity index (χ0n) is 25.6. The molecule has 0 saturated carbocycles. The summed E-state index contributed by atoms with van der Waals surface area (Å²) >= 11 is 0. The van der Waals surface area contributed by atoms with Gasteiger partial charge in [0.05, 0.1) is 22.5 Å². The first-order valence-corrected chi connectivity index (χ1v) is 15.4. The summed E-state index contributed by atoms with van der Waals surface area (Å²) in [7, 11) is 0. The van der Waals surface area contributed by atoms with Crippen molar-refractivity contribution in [3.05, 3.63) is 168 Å². The molecule has 0 radical (unpaired) electrons. The minimum absolute atomic E-state index is 0.337. The second-order valence-electron chi connectivity index (χ2n) is 11.9. The molecule has 220 valence electrons. The van der Waals surface area contributed by atoms with E-state index in [1.165, 1.54) is 16.1 Å². The summed E-state index contributed by atoms with van der Waals surface area (Å²) in [4.78, 5) is 28.1. The third-order valence-electron chi connectivity index (χ3n) is 8.92. The van der Waals surface area contributed by atoms with Gasteiger partial charge in [-0.3, -0.25) is 9.59 Å². The highest BCUT2D eigenvalue weighted by molar-refractivity contribution is 6.31. The summed E-state index contributed by atoms with van der Waals surface area (Å²) in [5.41, 5.74) is 11.1. The van der Waals surface area contributed by atoms with Crippen LogP contribution in [-0.2, 0) is 0 Å². The van der Waals surface area contributed by atoms with Crippen LogP contribution >= 0.6 is 0 Å². The van der Waals surface area contributed by atoms with Crippen molar-refractivity contribution in [3.63, 3.8) is 0 Å². The van der Waals surface area contributed by atoms with Gasteiger partial charge in [-0.1, -0.05) is 145 Å². The maximum atomic E-state index is 14.1. The van der Waals surface area contributed by atoms with Crippen LogP contribution < -0.4 is 5.01 Å². The van der Waals surface area contributed by atoms with Crippen molar-refractivity contribution in [2.75, 3.05) is 5.01 Å². The van der Waals surface area contributed by atoms with E-state index in [2.05, 4.69) is 123 Å². The lowest BCUT2D eigenvalue weighted by molar-refractivity contribution is 0.0888. The van der Waals surface area contributed by atoms with Crippen LogP contribution in [0.4, 0.5) is 0 Å². The van der Waals surface area contributed by atoms with Gasteiger partial charge in [0.2, 0.25) is 0 Å². The normalized spacial score (nSPS) is 12.6. The Labute approximate surface area is 267 Å². The lowest BCUT2D eigenvalue weighted by Crippen LogP contribution is -2.40. The molecule has 4 nitrogen and oxygen atoms in total. The molecule has 0 unspecified atom stereocenters. The molecular formula is C42H30N2O2. The average molecular weight is 595 g/mol. The Kier molecular flexibility index (Phi) is 6.50. The average Bonchev–Trinajstić information content (AvgIpc) is 3.56. The highest BCUT2D eigenvalue weighted by Gasteiger charge is 2.39. The maximum Gasteiger partial charge on any atom is 0.281 e. The van der Waals surface area contributed by atoms with Crippen LogP contribution in [-0.4, -0.2) is 16.5 Å². The molecule has 4 heteroatoms. The van der Waals surface area contributed by atoms with Crippen LogP contribution in [0, 0.1) is 13.8 Å². The third kappa shape index (κ3) is 4.46. The van der Waals surface area contributed by atoms with E-state index >= 15 is 0 Å². The summed E-state index contributed by atoms with van der Waals surface area (Å²) in [5, 5.41) is 3.23. The number of benzene rings is 6. The number of carbonyl (C=O) groups excluding carboxylic acids is 2. The molecule has 1 aliphatic rings. The van der Waals surface area contributed by atoms with Gasteiger partial charge in [0.15, 0.2) is 0 Å². The van der Waals surface area contributed by atoms with E-state index in [0.29, 0.717) is 11.1 Å². The summed E-state index contributed by atoms with van der Waals surface area (Å²) in [6.07, 6.45) is 0. The number of carbonyl (C=O) groups is 2. The molecule has 1 aromatic heterocycles. The minimum atomic E-state index is -0.337. The van der Waals surface area contributed by atoms with E-state index in [9.17, 15) is 9.59 Å². The Hall–Kier alpha value is -6.00. The Morgan fingerprint density at radius 2 is 0.674 bits per heavy atom. The SMILES string of the molecule is Cc1ccc(-c2ccc(-c3c4ccccc4c(-c4ccc(-c5ccc(C)cc5)cc4)n3N3C(=O)c4ccccc4C3=O)cc2)cc1. The molecule has 1 aliphatic heterocycles.